The van der Waals surface area contributed by atoms with E-state index in [0.717, 1.165) is 51.6 Å². The Morgan fingerprint density at radius 2 is 1.67 bits per heavy atom. The van der Waals surface area contributed by atoms with Gasteiger partial charge in [0, 0.05) is 41.0 Å². The number of fused-ring (bicyclic) bond motifs is 4. The van der Waals surface area contributed by atoms with Crippen LogP contribution in [0.15, 0.2) is 60.7 Å². The number of ether oxygens (including phenoxy) is 4. The second kappa shape index (κ2) is 9.78. The summed E-state index contributed by atoms with van der Waals surface area (Å²) < 4.78 is 24.2. The molecular weight excluding hydrogens is 454 g/mol. The van der Waals surface area contributed by atoms with Crippen molar-refractivity contribution < 1.29 is 24.1 Å². The molecule has 0 unspecified atom stereocenters. The zero-order chi connectivity index (χ0) is 24.5. The van der Waals surface area contributed by atoms with Crippen LogP contribution in [-0.2, 0) is 0 Å². The largest absolute Gasteiger partial charge is 0.508 e. The van der Waals surface area contributed by atoms with Crippen molar-refractivity contribution in [2.75, 3.05) is 40.0 Å². The molecule has 0 bridgehead atoms. The van der Waals surface area contributed by atoms with Crippen molar-refractivity contribution in [2.45, 2.75) is 25.4 Å². The highest BCUT2D eigenvalue weighted by Gasteiger charge is 2.35. The van der Waals surface area contributed by atoms with Crippen molar-refractivity contribution in [3.63, 3.8) is 0 Å². The monoisotopic (exact) mass is 485 g/mol. The van der Waals surface area contributed by atoms with Gasteiger partial charge in [0.2, 0.25) is 0 Å². The van der Waals surface area contributed by atoms with Crippen LogP contribution in [0.2, 0.25) is 0 Å². The molecule has 0 spiro atoms. The number of hydrogen-bond acceptors (Lipinski definition) is 6. The van der Waals surface area contributed by atoms with E-state index in [1.807, 2.05) is 36.4 Å². The van der Waals surface area contributed by atoms with Crippen molar-refractivity contribution in [3.05, 3.63) is 77.4 Å². The lowest BCUT2D eigenvalue weighted by atomic mass is 9.84. The normalized spacial score (nSPS) is 18.9. The Kier molecular flexibility index (Phi) is 6.20. The van der Waals surface area contributed by atoms with Gasteiger partial charge in [0.15, 0.2) is 6.10 Å². The summed E-state index contributed by atoms with van der Waals surface area (Å²) in [5.74, 6) is 3.22. The number of likely N-dealkylation sites (tertiary alicyclic amines) is 1. The van der Waals surface area contributed by atoms with Crippen LogP contribution in [0.1, 0.15) is 42.1 Å². The van der Waals surface area contributed by atoms with Gasteiger partial charge in [-0.25, -0.2) is 0 Å². The van der Waals surface area contributed by atoms with Crippen LogP contribution < -0.4 is 18.9 Å². The second-order valence-electron chi connectivity index (χ2n) is 9.54. The fourth-order valence-electron chi connectivity index (χ4n) is 5.38. The Hall–Kier alpha value is -3.64. The molecule has 3 aliphatic heterocycles. The number of phenolic OH excluding ortho intramolecular Hbond substituents is 1. The van der Waals surface area contributed by atoms with E-state index in [1.165, 1.54) is 32.4 Å². The van der Waals surface area contributed by atoms with E-state index < -0.39 is 0 Å². The van der Waals surface area contributed by atoms with E-state index in [4.69, 9.17) is 18.9 Å². The zero-order valence-corrected chi connectivity index (χ0v) is 20.5. The van der Waals surface area contributed by atoms with Crippen molar-refractivity contribution in [1.29, 1.82) is 0 Å². The molecule has 3 heterocycles. The highest BCUT2D eigenvalue weighted by atomic mass is 16.5. The lowest BCUT2D eigenvalue weighted by Gasteiger charge is -2.35. The van der Waals surface area contributed by atoms with Crippen molar-refractivity contribution in [2.24, 2.45) is 0 Å². The van der Waals surface area contributed by atoms with Crippen LogP contribution in [-0.4, -0.2) is 50.0 Å². The van der Waals surface area contributed by atoms with Gasteiger partial charge in [0.25, 0.3) is 0 Å². The fraction of sp³-hybridized carbons (Fsp3) is 0.333. The molecule has 0 amide bonds. The zero-order valence-electron chi connectivity index (χ0n) is 20.5. The van der Waals surface area contributed by atoms with Gasteiger partial charge in [0.1, 0.15) is 42.0 Å². The summed E-state index contributed by atoms with van der Waals surface area (Å²) in [6.45, 7) is 4.41. The minimum Gasteiger partial charge on any atom is -0.508 e. The van der Waals surface area contributed by atoms with Gasteiger partial charge in [0.05, 0.1) is 7.11 Å². The number of piperidine rings is 1. The van der Waals surface area contributed by atoms with Gasteiger partial charge in [-0.2, -0.15) is 0 Å². The van der Waals surface area contributed by atoms with Gasteiger partial charge >= 0.3 is 0 Å². The van der Waals surface area contributed by atoms with Crippen molar-refractivity contribution >= 4 is 11.1 Å². The SMILES string of the molecule is COc1ccc2c(c1)O[C@@H](c1ccc(OCCN3CCCCC3)cc1)C1=C2COc2cc(O)ccc21. The number of methoxy groups -OCH3 is 1. The first-order valence-electron chi connectivity index (χ1n) is 12.7. The first-order chi connectivity index (χ1) is 17.7. The molecule has 0 radical (unpaired) electrons. The third-order valence-corrected chi connectivity index (χ3v) is 7.28. The molecule has 3 aromatic rings. The number of benzene rings is 3. The molecule has 36 heavy (non-hydrogen) atoms. The topological polar surface area (TPSA) is 60.4 Å². The highest BCUT2D eigenvalue weighted by Crippen LogP contribution is 2.52. The molecule has 6 heteroatoms. The average Bonchev–Trinajstić information content (AvgIpc) is 2.92. The van der Waals surface area contributed by atoms with Gasteiger partial charge in [-0.05, 0) is 67.9 Å². The molecule has 3 aromatic carbocycles. The molecule has 6 nitrogen and oxygen atoms in total. The standard InChI is InChI=1S/C30H31NO5/c1-33-23-10-12-24-26-19-35-27-17-21(32)7-11-25(27)29(26)30(36-28(24)18-23)20-5-8-22(9-6-20)34-16-15-31-13-3-2-4-14-31/h5-12,17-18,30,32H,2-4,13-16,19H2,1H3/t30-/m0/s1. The fourth-order valence-corrected chi connectivity index (χ4v) is 5.38. The number of phenols is 1. The molecule has 0 aromatic heterocycles. The molecular formula is C30H31NO5. The summed E-state index contributed by atoms with van der Waals surface area (Å²) in [5.41, 5.74) is 5.11. The Balaban J connectivity index is 1.29. The lowest BCUT2D eigenvalue weighted by Crippen LogP contribution is -2.33. The van der Waals surface area contributed by atoms with Crippen LogP contribution in [0.25, 0.3) is 11.1 Å². The first-order valence-corrected chi connectivity index (χ1v) is 12.7. The van der Waals surface area contributed by atoms with E-state index in [2.05, 4.69) is 17.0 Å². The maximum Gasteiger partial charge on any atom is 0.150 e. The van der Waals surface area contributed by atoms with Gasteiger partial charge < -0.3 is 24.1 Å². The van der Waals surface area contributed by atoms with E-state index in [1.54, 1.807) is 19.2 Å². The Morgan fingerprint density at radius 1 is 0.889 bits per heavy atom. The molecule has 1 atom stereocenters. The smallest absolute Gasteiger partial charge is 0.150 e. The lowest BCUT2D eigenvalue weighted by molar-refractivity contribution is 0.183. The third-order valence-electron chi connectivity index (χ3n) is 7.28. The number of nitrogens with zero attached hydrogens (tertiary/aromatic N) is 1. The summed E-state index contributed by atoms with van der Waals surface area (Å²) >= 11 is 0. The molecule has 1 N–H and O–H groups in total. The summed E-state index contributed by atoms with van der Waals surface area (Å²) in [6, 6.07) is 19.3. The third kappa shape index (κ3) is 4.37. The molecule has 0 aliphatic carbocycles. The van der Waals surface area contributed by atoms with Gasteiger partial charge in [-0.15, -0.1) is 0 Å². The Morgan fingerprint density at radius 3 is 2.47 bits per heavy atom. The van der Waals surface area contributed by atoms with Crippen LogP contribution >= 0.6 is 0 Å². The summed E-state index contributed by atoms with van der Waals surface area (Å²) in [7, 11) is 1.66. The van der Waals surface area contributed by atoms with Crippen LogP contribution in [0.5, 0.6) is 28.7 Å². The van der Waals surface area contributed by atoms with Crippen LogP contribution in [0.3, 0.4) is 0 Å². The maximum absolute atomic E-state index is 10.0. The quantitative estimate of drug-likeness (QED) is 0.483. The van der Waals surface area contributed by atoms with Gasteiger partial charge in [-0.1, -0.05) is 18.6 Å². The predicted molar refractivity (Wildman–Crippen MR) is 139 cm³/mol. The molecule has 186 valence electrons. The van der Waals surface area contributed by atoms with Crippen LogP contribution in [0, 0.1) is 0 Å². The van der Waals surface area contributed by atoms with E-state index in [-0.39, 0.29) is 11.9 Å². The highest BCUT2D eigenvalue weighted by molar-refractivity contribution is 5.99. The maximum atomic E-state index is 10.0. The second-order valence-corrected chi connectivity index (χ2v) is 9.54. The van der Waals surface area contributed by atoms with E-state index in [0.29, 0.717) is 19.0 Å². The van der Waals surface area contributed by atoms with E-state index in [9.17, 15) is 5.11 Å². The van der Waals surface area contributed by atoms with Gasteiger partial charge in [-0.3, -0.25) is 4.90 Å². The minimum absolute atomic E-state index is 0.183. The Bertz CT molecular complexity index is 1280. The van der Waals surface area contributed by atoms with Crippen LogP contribution in [0.4, 0.5) is 0 Å². The predicted octanol–water partition coefficient (Wildman–Crippen LogP) is 5.70. The molecule has 1 saturated heterocycles. The molecule has 3 aliphatic rings. The molecule has 1 fully saturated rings. The first kappa shape index (κ1) is 22.8. The number of aromatic hydroxyl groups is 1. The number of rotatable bonds is 6. The van der Waals surface area contributed by atoms with E-state index >= 15 is 0 Å². The Labute approximate surface area is 211 Å². The number of hydrogen-bond donors (Lipinski definition) is 1. The summed E-state index contributed by atoms with van der Waals surface area (Å²) in [5, 5.41) is 10.0. The molecule has 0 saturated carbocycles. The summed E-state index contributed by atoms with van der Waals surface area (Å²) in [4.78, 5) is 2.48. The van der Waals surface area contributed by atoms with Crippen molar-refractivity contribution in [1.82, 2.24) is 4.90 Å². The van der Waals surface area contributed by atoms with Crippen molar-refractivity contribution in [3.8, 4) is 28.7 Å². The molecule has 6 rings (SSSR count). The minimum atomic E-state index is -0.325. The average molecular weight is 486 g/mol. The summed E-state index contributed by atoms with van der Waals surface area (Å²) in [6.07, 6.45) is 3.59.